The highest BCUT2D eigenvalue weighted by Crippen LogP contribution is 2.21. The van der Waals surface area contributed by atoms with Crippen molar-refractivity contribution in [1.82, 2.24) is 0 Å². The standard InChI is InChI=1S/C9H9BrO4S/c1-14-9(11)7-4-3-6(5-8(7)10)15(2,12)13/h3-5H,1-2H3. The third-order valence-electron chi connectivity index (χ3n) is 1.77. The van der Waals surface area contributed by atoms with Crippen LogP contribution in [0.1, 0.15) is 10.4 Å². The zero-order chi connectivity index (χ0) is 11.6. The monoisotopic (exact) mass is 292 g/mol. The Morgan fingerprint density at radius 3 is 2.40 bits per heavy atom. The predicted molar refractivity (Wildman–Crippen MR) is 58.6 cm³/mol. The maximum atomic E-state index is 11.2. The third kappa shape index (κ3) is 2.79. The van der Waals surface area contributed by atoms with Gasteiger partial charge in [0.1, 0.15) is 0 Å². The van der Waals surface area contributed by atoms with Crippen molar-refractivity contribution in [2.24, 2.45) is 0 Å². The lowest BCUT2D eigenvalue weighted by molar-refractivity contribution is 0.0599. The van der Waals surface area contributed by atoms with Gasteiger partial charge < -0.3 is 4.74 Å². The van der Waals surface area contributed by atoms with Gasteiger partial charge in [0.15, 0.2) is 9.84 Å². The van der Waals surface area contributed by atoms with Gasteiger partial charge in [-0.15, -0.1) is 0 Å². The van der Waals surface area contributed by atoms with Crippen LogP contribution < -0.4 is 0 Å². The Kier molecular flexibility index (Phi) is 3.51. The van der Waals surface area contributed by atoms with E-state index >= 15 is 0 Å². The van der Waals surface area contributed by atoms with Gasteiger partial charge >= 0.3 is 5.97 Å². The van der Waals surface area contributed by atoms with Crippen LogP contribution in [0.5, 0.6) is 0 Å². The Bertz CT molecular complexity index is 493. The van der Waals surface area contributed by atoms with Crippen LogP contribution in [0.3, 0.4) is 0 Å². The highest BCUT2D eigenvalue weighted by Gasteiger charge is 2.14. The lowest BCUT2D eigenvalue weighted by Crippen LogP contribution is -2.04. The molecule has 0 aromatic heterocycles. The summed E-state index contributed by atoms with van der Waals surface area (Å²) < 4.78 is 27.3. The molecule has 4 nitrogen and oxygen atoms in total. The summed E-state index contributed by atoms with van der Waals surface area (Å²) in [4.78, 5) is 11.3. The lowest BCUT2D eigenvalue weighted by Gasteiger charge is -2.04. The highest BCUT2D eigenvalue weighted by atomic mass is 79.9. The van der Waals surface area contributed by atoms with Gasteiger partial charge in [0.25, 0.3) is 0 Å². The van der Waals surface area contributed by atoms with Crippen molar-refractivity contribution in [1.29, 1.82) is 0 Å². The predicted octanol–water partition coefficient (Wildman–Crippen LogP) is 1.64. The van der Waals surface area contributed by atoms with Gasteiger partial charge in [0.05, 0.1) is 17.6 Å². The molecule has 0 N–H and O–H groups in total. The number of rotatable bonds is 2. The minimum Gasteiger partial charge on any atom is -0.465 e. The Hall–Kier alpha value is -0.880. The second-order valence-corrected chi connectivity index (χ2v) is 5.78. The van der Waals surface area contributed by atoms with E-state index in [0.717, 1.165) is 6.26 Å². The SMILES string of the molecule is COC(=O)c1ccc(S(C)(=O)=O)cc1Br. The molecule has 0 fully saturated rings. The Morgan fingerprint density at radius 2 is 2.00 bits per heavy atom. The van der Waals surface area contributed by atoms with Gasteiger partial charge in [-0.1, -0.05) is 0 Å². The average molecular weight is 293 g/mol. The molecule has 0 radical (unpaired) electrons. The van der Waals surface area contributed by atoms with E-state index < -0.39 is 15.8 Å². The zero-order valence-electron chi connectivity index (χ0n) is 8.15. The van der Waals surface area contributed by atoms with E-state index in [1.165, 1.54) is 25.3 Å². The smallest absolute Gasteiger partial charge is 0.339 e. The van der Waals surface area contributed by atoms with Crippen molar-refractivity contribution in [2.45, 2.75) is 4.90 Å². The first-order valence-corrected chi connectivity index (χ1v) is 6.62. The minimum absolute atomic E-state index is 0.155. The molecule has 0 saturated heterocycles. The number of halogens is 1. The number of esters is 1. The second kappa shape index (κ2) is 4.32. The molecule has 0 bridgehead atoms. The van der Waals surface area contributed by atoms with Crippen LogP contribution in [0.15, 0.2) is 27.6 Å². The molecule has 0 spiro atoms. The summed E-state index contributed by atoms with van der Waals surface area (Å²) in [5.74, 6) is -0.512. The van der Waals surface area contributed by atoms with E-state index in [2.05, 4.69) is 20.7 Å². The molecule has 6 heteroatoms. The minimum atomic E-state index is -3.26. The van der Waals surface area contributed by atoms with E-state index in [-0.39, 0.29) is 4.90 Å². The summed E-state index contributed by atoms with van der Waals surface area (Å²) >= 11 is 3.12. The number of hydrogen-bond donors (Lipinski definition) is 0. The average Bonchev–Trinajstić information content (AvgIpc) is 2.15. The number of carbonyl (C=O) groups is 1. The van der Waals surface area contributed by atoms with E-state index in [4.69, 9.17) is 0 Å². The molecule has 0 amide bonds. The molecule has 1 rings (SSSR count). The number of sulfone groups is 1. The molecule has 0 aliphatic rings. The first kappa shape index (κ1) is 12.2. The van der Waals surface area contributed by atoms with Gasteiger partial charge in [-0.2, -0.15) is 0 Å². The van der Waals surface area contributed by atoms with Crippen molar-refractivity contribution in [3.63, 3.8) is 0 Å². The van der Waals surface area contributed by atoms with E-state index in [9.17, 15) is 13.2 Å². The molecule has 0 aliphatic carbocycles. The molecular weight excluding hydrogens is 284 g/mol. The van der Waals surface area contributed by atoms with Crippen molar-refractivity contribution < 1.29 is 17.9 Å². The maximum Gasteiger partial charge on any atom is 0.339 e. The van der Waals surface area contributed by atoms with Gasteiger partial charge in [0, 0.05) is 10.7 Å². The molecule has 0 atom stereocenters. The fourth-order valence-electron chi connectivity index (χ4n) is 1.00. The zero-order valence-corrected chi connectivity index (χ0v) is 10.6. The summed E-state index contributed by atoms with van der Waals surface area (Å²) in [6, 6.07) is 4.15. The highest BCUT2D eigenvalue weighted by molar-refractivity contribution is 9.10. The Labute approximate surface area is 96.3 Å². The Morgan fingerprint density at radius 1 is 1.40 bits per heavy atom. The van der Waals surface area contributed by atoms with Crippen molar-refractivity contribution in [2.75, 3.05) is 13.4 Å². The molecule has 15 heavy (non-hydrogen) atoms. The van der Waals surface area contributed by atoms with Gasteiger partial charge in [0.2, 0.25) is 0 Å². The normalized spacial score (nSPS) is 11.1. The first-order chi connectivity index (χ1) is 6.86. The number of carbonyl (C=O) groups excluding carboxylic acids is 1. The number of methoxy groups -OCH3 is 1. The van der Waals surface area contributed by atoms with Crippen LogP contribution in [0, 0.1) is 0 Å². The molecule has 1 aromatic carbocycles. The van der Waals surface area contributed by atoms with Crippen molar-refractivity contribution in [3.05, 3.63) is 28.2 Å². The molecule has 0 heterocycles. The third-order valence-corrected chi connectivity index (χ3v) is 3.54. The quantitative estimate of drug-likeness (QED) is 0.778. The molecule has 0 saturated carbocycles. The van der Waals surface area contributed by atoms with Crippen LogP contribution in [0.4, 0.5) is 0 Å². The molecule has 0 aliphatic heterocycles. The van der Waals surface area contributed by atoms with E-state index in [1.54, 1.807) is 0 Å². The largest absolute Gasteiger partial charge is 0.465 e. The summed E-state index contributed by atoms with van der Waals surface area (Å²) in [7, 11) is -1.99. The van der Waals surface area contributed by atoms with Gasteiger partial charge in [-0.05, 0) is 34.1 Å². The maximum absolute atomic E-state index is 11.2. The summed E-state index contributed by atoms with van der Waals surface area (Å²) in [5, 5.41) is 0. The first-order valence-electron chi connectivity index (χ1n) is 3.94. The summed E-state index contributed by atoms with van der Waals surface area (Å²) in [6.45, 7) is 0. The van der Waals surface area contributed by atoms with Crippen LogP contribution in [0.2, 0.25) is 0 Å². The fourth-order valence-corrected chi connectivity index (χ4v) is 2.34. The van der Waals surface area contributed by atoms with Crippen LogP contribution in [-0.2, 0) is 14.6 Å². The molecule has 0 unspecified atom stereocenters. The van der Waals surface area contributed by atoms with Crippen LogP contribution in [-0.4, -0.2) is 27.8 Å². The molecular formula is C9H9BrO4S. The topological polar surface area (TPSA) is 60.4 Å². The summed E-state index contributed by atoms with van der Waals surface area (Å²) in [6.07, 6.45) is 1.10. The molecule has 1 aromatic rings. The van der Waals surface area contributed by atoms with Crippen molar-refractivity contribution >= 4 is 31.7 Å². The van der Waals surface area contributed by atoms with Gasteiger partial charge in [-0.3, -0.25) is 0 Å². The van der Waals surface area contributed by atoms with Crippen molar-refractivity contribution in [3.8, 4) is 0 Å². The van der Waals surface area contributed by atoms with E-state index in [1.807, 2.05) is 0 Å². The molecule has 82 valence electrons. The van der Waals surface area contributed by atoms with E-state index in [0.29, 0.717) is 10.0 Å². The number of hydrogen-bond acceptors (Lipinski definition) is 4. The van der Waals surface area contributed by atoms with Crippen LogP contribution in [0.25, 0.3) is 0 Å². The lowest BCUT2D eigenvalue weighted by atomic mass is 10.2. The second-order valence-electron chi connectivity index (χ2n) is 2.91. The van der Waals surface area contributed by atoms with Gasteiger partial charge in [-0.25, -0.2) is 13.2 Å². The number of benzene rings is 1. The fraction of sp³-hybridized carbons (Fsp3) is 0.222. The summed E-state index contributed by atoms with van der Waals surface area (Å²) in [5.41, 5.74) is 0.296. The van der Waals surface area contributed by atoms with Crippen LogP contribution >= 0.6 is 15.9 Å². The number of ether oxygens (including phenoxy) is 1. The Balaban J connectivity index is 3.27.